The minimum absolute atomic E-state index is 0.227. The van der Waals surface area contributed by atoms with Crippen molar-refractivity contribution in [3.05, 3.63) is 0 Å². The SMILES string of the molecule is CC(C)C[C@H](NC(=O)NCC1CCN(C)CC1)C(=O)O. The molecule has 116 valence electrons. The van der Waals surface area contributed by atoms with Crippen LogP contribution in [0, 0.1) is 11.8 Å². The van der Waals surface area contributed by atoms with Crippen molar-refractivity contribution in [1.82, 2.24) is 15.5 Å². The summed E-state index contributed by atoms with van der Waals surface area (Å²) >= 11 is 0. The first kappa shape index (κ1) is 16.8. The summed E-state index contributed by atoms with van der Waals surface area (Å²) in [6.45, 7) is 6.61. The number of hydrogen-bond donors (Lipinski definition) is 3. The Morgan fingerprint density at radius 2 is 1.90 bits per heavy atom. The van der Waals surface area contributed by atoms with Gasteiger partial charge in [0.2, 0.25) is 0 Å². The highest BCUT2D eigenvalue weighted by molar-refractivity contribution is 5.82. The number of urea groups is 1. The van der Waals surface area contributed by atoms with Crippen molar-refractivity contribution in [3.8, 4) is 0 Å². The molecule has 0 aromatic rings. The van der Waals surface area contributed by atoms with Gasteiger partial charge in [-0.15, -0.1) is 0 Å². The van der Waals surface area contributed by atoms with Gasteiger partial charge in [0.25, 0.3) is 0 Å². The summed E-state index contributed by atoms with van der Waals surface area (Å²) in [5.41, 5.74) is 0. The maximum absolute atomic E-state index is 11.8. The summed E-state index contributed by atoms with van der Waals surface area (Å²) in [6, 6.07) is -1.19. The molecule has 0 aromatic heterocycles. The van der Waals surface area contributed by atoms with Crippen molar-refractivity contribution >= 4 is 12.0 Å². The van der Waals surface area contributed by atoms with Crippen LogP contribution in [0.15, 0.2) is 0 Å². The number of likely N-dealkylation sites (tertiary alicyclic amines) is 1. The Hall–Kier alpha value is -1.30. The van der Waals surface area contributed by atoms with Gasteiger partial charge < -0.3 is 20.6 Å². The molecule has 0 aliphatic carbocycles. The number of aliphatic carboxylic acids is 1. The van der Waals surface area contributed by atoms with Gasteiger partial charge in [0, 0.05) is 6.54 Å². The quantitative estimate of drug-likeness (QED) is 0.683. The van der Waals surface area contributed by atoms with Crippen LogP contribution in [0.25, 0.3) is 0 Å². The molecule has 1 rings (SSSR count). The molecule has 6 heteroatoms. The summed E-state index contributed by atoms with van der Waals surface area (Å²) in [5, 5.41) is 14.4. The van der Waals surface area contributed by atoms with Crippen LogP contribution >= 0.6 is 0 Å². The van der Waals surface area contributed by atoms with Crippen molar-refractivity contribution in [1.29, 1.82) is 0 Å². The van der Waals surface area contributed by atoms with Gasteiger partial charge in [-0.2, -0.15) is 0 Å². The van der Waals surface area contributed by atoms with Gasteiger partial charge >= 0.3 is 12.0 Å². The lowest BCUT2D eigenvalue weighted by Gasteiger charge is -2.29. The highest BCUT2D eigenvalue weighted by Gasteiger charge is 2.22. The number of carboxylic acid groups (broad SMARTS) is 1. The second-order valence-corrected chi connectivity index (χ2v) is 6.12. The van der Waals surface area contributed by atoms with Crippen molar-refractivity contribution in [3.63, 3.8) is 0 Å². The Bertz CT molecular complexity index is 326. The Kier molecular flexibility index (Phi) is 6.78. The number of carboxylic acids is 1. The largest absolute Gasteiger partial charge is 0.480 e. The molecule has 0 saturated carbocycles. The Morgan fingerprint density at radius 3 is 2.40 bits per heavy atom. The minimum Gasteiger partial charge on any atom is -0.480 e. The molecule has 20 heavy (non-hydrogen) atoms. The highest BCUT2D eigenvalue weighted by atomic mass is 16.4. The van der Waals surface area contributed by atoms with Crippen molar-refractivity contribution in [2.45, 2.75) is 39.2 Å². The zero-order chi connectivity index (χ0) is 15.1. The number of hydrogen-bond acceptors (Lipinski definition) is 3. The summed E-state index contributed by atoms with van der Waals surface area (Å²) in [7, 11) is 2.10. The number of piperidine rings is 1. The van der Waals surface area contributed by atoms with Crippen LogP contribution in [-0.4, -0.2) is 54.7 Å². The van der Waals surface area contributed by atoms with Crippen molar-refractivity contribution in [2.24, 2.45) is 11.8 Å². The number of rotatable bonds is 6. The normalized spacial score (nSPS) is 18.8. The lowest BCUT2D eigenvalue weighted by Crippen LogP contribution is -2.48. The van der Waals surface area contributed by atoms with E-state index in [9.17, 15) is 9.59 Å². The average Bonchev–Trinajstić information content (AvgIpc) is 2.36. The molecule has 2 amide bonds. The predicted octanol–water partition coefficient (Wildman–Crippen LogP) is 1.13. The number of carbonyl (C=O) groups excluding carboxylic acids is 1. The van der Waals surface area contributed by atoms with Crippen LogP contribution in [0.1, 0.15) is 33.1 Å². The van der Waals surface area contributed by atoms with E-state index in [0.29, 0.717) is 18.9 Å². The van der Waals surface area contributed by atoms with E-state index in [1.165, 1.54) is 0 Å². The average molecular weight is 285 g/mol. The molecule has 6 nitrogen and oxygen atoms in total. The minimum atomic E-state index is -0.979. The molecular weight excluding hydrogens is 258 g/mol. The summed E-state index contributed by atoms with van der Waals surface area (Å²) in [5.74, 6) is -0.260. The smallest absolute Gasteiger partial charge is 0.326 e. The van der Waals surface area contributed by atoms with Gasteiger partial charge in [0.05, 0.1) is 0 Å². The van der Waals surface area contributed by atoms with Gasteiger partial charge in [-0.05, 0) is 51.2 Å². The zero-order valence-electron chi connectivity index (χ0n) is 12.7. The fourth-order valence-corrected chi connectivity index (χ4v) is 2.41. The maximum Gasteiger partial charge on any atom is 0.326 e. The topological polar surface area (TPSA) is 81.7 Å². The van der Waals surface area contributed by atoms with Crippen LogP contribution < -0.4 is 10.6 Å². The molecule has 1 heterocycles. The fourth-order valence-electron chi connectivity index (χ4n) is 2.41. The molecule has 0 radical (unpaired) electrons. The molecule has 0 aromatic carbocycles. The number of amides is 2. The van der Waals surface area contributed by atoms with Gasteiger partial charge in [-0.1, -0.05) is 13.8 Å². The Labute approximate surface area is 120 Å². The number of nitrogens with one attached hydrogen (secondary N) is 2. The van der Waals surface area contributed by atoms with Gasteiger partial charge in [0.1, 0.15) is 6.04 Å². The predicted molar refractivity (Wildman–Crippen MR) is 77.6 cm³/mol. The molecule has 1 aliphatic rings. The van der Waals surface area contributed by atoms with Crippen LogP contribution in [0.5, 0.6) is 0 Å². The van der Waals surface area contributed by atoms with E-state index in [4.69, 9.17) is 5.11 Å². The first-order valence-corrected chi connectivity index (χ1v) is 7.34. The zero-order valence-corrected chi connectivity index (χ0v) is 12.7. The van der Waals surface area contributed by atoms with Gasteiger partial charge in [0.15, 0.2) is 0 Å². The van der Waals surface area contributed by atoms with E-state index in [1.807, 2.05) is 13.8 Å². The van der Waals surface area contributed by atoms with Crippen LogP contribution in [-0.2, 0) is 4.79 Å². The summed E-state index contributed by atoms with van der Waals surface area (Å²) in [4.78, 5) is 25.1. The lowest BCUT2D eigenvalue weighted by atomic mass is 9.97. The van der Waals surface area contributed by atoms with Crippen molar-refractivity contribution < 1.29 is 14.7 Å². The first-order chi connectivity index (χ1) is 9.38. The van der Waals surface area contributed by atoms with E-state index in [-0.39, 0.29) is 11.9 Å². The number of carbonyl (C=O) groups is 2. The van der Waals surface area contributed by atoms with E-state index in [0.717, 1.165) is 25.9 Å². The Morgan fingerprint density at radius 1 is 1.30 bits per heavy atom. The first-order valence-electron chi connectivity index (χ1n) is 7.34. The highest BCUT2D eigenvalue weighted by Crippen LogP contribution is 2.14. The van der Waals surface area contributed by atoms with Crippen LogP contribution in [0.3, 0.4) is 0 Å². The van der Waals surface area contributed by atoms with Crippen LogP contribution in [0.4, 0.5) is 4.79 Å². The van der Waals surface area contributed by atoms with E-state index < -0.39 is 12.0 Å². The lowest BCUT2D eigenvalue weighted by molar-refractivity contribution is -0.139. The molecule has 1 saturated heterocycles. The summed E-state index contributed by atoms with van der Waals surface area (Å²) in [6.07, 6.45) is 2.59. The van der Waals surface area contributed by atoms with Crippen LogP contribution in [0.2, 0.25) is 0 Å². The van der Waals surface area contributed by atoms with E-state index >= 15 is 0 Å². The monoisotopic (exact) mass is 285 g/mol. The third-order valence-electron chi connectivity index (χ3n) is 3.70. The Balaban J connectivity index is 2.29. The standard InChI is InChI=1S/C14H27N3O3/c1-10(2)8-12(13(18)19)16-14(20)15-9-11-4-6-17(3)7-5-11/h10-12H,4-9H2,1-3H3,(H,18,19)(H2,15,16,20)/t12-/m0/s1. The summed E-state index contributed by atoms with van der Waals surface area (Å²) < 4.78 is 0. The third kappa shape index (κ3) is 6.23. The molecule has 3 N–H and O–H groups in total. The molecule has 0 unspecified atom stereocenters. The third-order valence-corrected chi connectivity index (χ3v) is 3.70. The maximum atomic E-state index is 11.8. The second-order valence-electron chi connectivity index (χ2n) is 6.12. The molecule has 0 bridgehead atoms. The number of nitrogens with zero attached hydrogens (tertiary/aromatic N) is 1. The molecular formula is C14H27N3O3. The van der Waals surface area contributed by atoms with Crippen molar-refractivity contribution in [2.75, 3.05) is 26.7 Å². The second kappa shape index (κ2) is 8.09. The van der Waals surface area contributed by atoms with Gasteiger partial charge in [-0.3, -0.25) is 0 Å². The molecule has 1 aliphatic heterocycles. The molecule has 0 spiro atoms. The molecule has 1 fully saturated rings. The molecule has 1 atom stereocenters. The van der Waals surface area contributed by atoms with Gasteiger partial charge in [-0.25, -0.2) is 9.59 Å². The fraction of sp³-hybridized carbons (Fsp3) is 0.857. The van der Waals surface area contributed by atoms with E-state index in [2.05, 4.69) is 22.6 Å². The van der Waals surface area contributed by atoms with E-state index in [1.54, 1.807) is 0 Å².